The molecule has 4 rings (SSSR count). The zero-order valence-electron chi connectivity index (χ0n) is 26.1. The Hall–Kier alpha value is -4.71. The van der Waals surface area contributed by atoms with Crippen molar-refractivity contribution in [3.63, 3.8) is 0 Å². The quantitative estimate of drug-likeness (QED) is 0.324. The molecule has 12 heteroatoms. The van der Waals surface area contributed by atoms with Crippen molar-refractivity contribution >= 4 is 23.5 Å². The van der Waals surface area contributed by atoms with Gasteiger partial charge in [-0.2, -0.15) is 0 Å². The van der Waals surface area contributed by atoms with E-state index in [9.17, 15) is 23.2 Å². The maximum Gasteiger partial charge on any atom is 0.275 e. The van der Waals surface area contributed by atoms with E-state index in [1.165, 1.54) is 35.5 Å². The van der Waals surface area contributed by atoms with Gasteiger partial charge in [-0.05, 0) is 61.7 Å². The summed E-state index contributed by atoms with van der Waals surface area (Å²) in [5, 5.41) is 2.75. The molecule has 3 amide bonds. The number of hydrogen-bond donors (Lipinski definition) is 1. The molecule has 1 aliphatic rings. The van der Waals surface area contributed by atoms with Crippen molar-refractivity contribution in [1.82, 2.24) is 24.7 Å². The maximum atomic E-state index is 13.6. The standard InChI is InChI=1S/C33H38F2N6O4/c1-7-28(42)41-12-11-40(18-22(41)4)19-27(23-9-8-10-24(15-23)30(34)35)45-26-14-20(2)29(36-17-26)32(43)38-31-21(3)13-25(16-37-31)33(44)39(5)6/h7-10,13-17,22,27,30H,1,11-12,18-19H2,2-6H3,(H,37,38,43)/t22-,27-/m1/s1. The molecule has 1 fully saturated rings. The smallest absolute Gasteiger partial charge is 0.275 e. The number of pyridine rings is 2. The number of alkyl halides is 2. The van der Waals surface area contributed by atoms with Crippen LogP contribution in [0, 0.1) is 13.8 Å². The summed E-state index contributed by atoms with van der Waals surface area (Å²) >= 11 is 0. The first kappa shape index (κ1) is 33.2. The fourth-order valence-corrected chi connectivity index (χ4v) is 5.25. The van der Waals surface area contributed by atoms with Crippen molar-refractivity contribution in [2.24, 2.45) is 0 Å². The number of ether oxygens (including phenoxy) is 1. The molecule has 3 aromatic rings. The van der Waals surface area contributed by atoms with Crippen molar-refractivity contribution in [2.75, 3.05) is 45.6 Å². The minimum atomic E-state index is -2.64. The van der Waals surface area contributed by atoms with E-state index >= 15 is 0 Å². The molecular formula is C33H38F2N6O4. The average molecular weight is 621 g/mol. The fourth-order valence-electron chi connectivity index (χ4n) is 5.25. The number of rotatable bonds is 10. The molecule has 238 valence electrons. The number of benzene rings is 1. The van der Waals surface area contributed by atoms with Gasteiger partial charge in [0.1, 0.15) is 23.4 Å². The zero-order chi connectivity index (χ0) is 32.8. The summed E-state index contributed by atoms with van der Waals surface area (Å²) in [6.45, 7) is 11.0. The molecule has 0 radical (unpaired) electrons. The molecule has 0 saturated carbocycles. The monoisotopic (exact) mass is 620 g/mol. The minimum Gasteiger partial charge on any atom is -0.483 e. The molecule has 0 spiro atoms. The number of piperazine rings is 1. The van der Waals surface area contributed by atoms with E-state index in [0.717, 1.165) is 0 Å². The maximum absolute atomic E-state index is 13.6. The summed E-state index contributed by atoms with van der Waals surface area (Å²) in [5.74, 6) is -0.141. The molecule has 3 heterocycles. The average Bonchev–Trinajstić information content (AvgIpc) is 3.01. The third-order valence-electron chi connectivity index (χ3n) is 7.64. The molecule has 2 atom stereocenters. The Morgan fingerprint density at radius 2 is 1.82 bits per heavy atom. The van der Waals surface area contributed by atoms with E-state index in [-0.39, 0.29) is 29.1 Å². The molecule has 0 unspecified atom stereocenters. The second-order valence-electron chi connectivity index (χ2n) is 11.3. The van der Waals surface area contributed by atoms with Crippen LogP contribution in [0.4, 0.5) is 14.6 Å². The highest BCUT2D eigenvalue weighted by atomic mass is 19.3. The van der Waals surface area contributed by atoms with Crippen LogP contribution in [0.3, 0.4) is 0 Å². The largest absolute Gasteiger partial charge is 0.483 e. The van der Waals surface area contributed by atoms with Gasteiger partial charge in [0.15, 0.2) is 0 Å². The minimum absolute atomic E-state index is 0.0678. The van der Waals surface area contributed by atoms with Gasteiger partial charge < -0.3 is 19.9 Å². The molecule has 0 bridgehead atoms. The Labute approximate surface area is 261 Å². The third kappa shape index (κ3) is 8.07. The zero-order valence-corrected chi connectivity index (χ0v) is 26.1. The van der Waals surface area contributed by atoms with Crippen molar-refractivity contribution < 1.29 is 27.9 Å². The van der Waals surface area contributed by atoms with Gasteiger partial charge in [0, 0.05) is 58.1 Å². The first-order chi connectivity index (χ1) is 21.4. The SMILES string of the molecule is C=CC(=O)N1CCN(C[C@@H](Oc2cnc(C(=O)Nc3ncc(C(=O)N(C)C)cc3C)c(C)c2)c2cccc(C(F)F)c2)C[C@H]1C. The number of amides is 3. The summed E-state index contributed by atoms with van der Waals surface area (Å²) in [6.07, 6.45) is 0.865. The predicted molar refractivity (Wildman–Crippen MR) is 166 cm³/mol. The number of halogens is 2. The predicted octanol–water partition coefficient (Wildman–Crippen LogP) is 4.82. The number of nitrogens with zero attached hydrogens (tertiary/aromatic N) is 5. The summed E-state index contributed by atoms with van der Waals surface area (Å²) in [4.78, 5) is 51.5. The number of carbonyl (C=O) groups excluding carboxylic acids is 3. The van der Waals surface area contributed by atoms with Crippen molar-refractivity contribution in [1.29, 1.82) is 0 Å². The van der Waals surface area contributed by atoms with Gasteiger partial charge in [-0.3, -0.25) is 19.3 Å². The Kier molecular flexibility index (Phi) is 10.6. The van der Waals surface area contributed by atoms with Crippen LogP contribution >= 0.6 is 0 Å². The number of aryl methyl sites for hydroxylation is 2. The van der Waals surface area contributed by atoms with E-state index in [1.807, 2.05) is 6.92 Å². The van der Waals surface area contributed by atoms with Crippen LogP contribution in [0.2, 0.25) is 0 Å². The van der Waals surface area contributed by atoms with E-state index in [1.54, 1.807) is 57.1 Å². The van der Waals surface area contributed by atoms with Crippen LogP contribution in [0.15, 0.2) is 61.4 Å². The Morgan fingerprint density at radius 1 is 1.09 bits per heavy atom. The second-order valence-corrected chi connectivity index (χ2v) is 11.3. The lowest BCUT2D eigenvalue weighted by molar-refractivity contribution is -0.130. The Balaban J connectivity index is 1.52. The van der Waals surface area contributed by atoms with Gasteiger partial charge in [-0.25, -0.2) is 18.7 Å². The van der Waals surface area contributed by atoms with E-state index in [0.29, 0.717) is 60.0 Å². The fraction of sp³-hybridized carbons (Fsp3) is 0.364. The van der Waals surface area contributed by atoms with Crippen LogP contribution in [-0.2, 0) is 4.79 Å². The number of nitrogens with one attached hydrogen (secondary N) is 1. The lowest BCUT2D eigenvalue weighted by atomic mass is 10.0. The summed E-state index contributed by atoms with van der Waals surface area (Å²) < 4.78 is 33.5. The van der Waals surface area contributed by atoms with Crippen molar-refractivity contribution in [2.45, 2.75) is 39.3 Å². The second kappa shape index (κ2) is 14.4. The third-order valence-corrected chi connectivity index (χ3v) is 7.64. The van der Waals surface area contributed by atoms with Crippen molar-refractivity contribution in [3.05, 3.63) is 95.0 Å². The lowest BCUT2D eigenvalue weighted by Crippen LogP contribution is -2.54. The van der Waals surface area contributed by atoms with Gasteiger partial charge in [0.05, 0.1) is 11.8 Å². The number of anilines is 1. The van der Waals surface area contributed by atoms with Gasteiger partial charge in [-0.1, -0.05) is 24.8 Å². The van der Waals surface area contributed by atoms with Crippen LogP contribution in [0.1, 0.15) is 62.6 Å². The summed E-state index contributed by atoms with van der Waals surface area (Å²) in [7, 11) is 3.29. The molecule has 1 aromatic carbocycles. The first-order valence-corrected chi connectivity index (χ1v) is 14.5. The van der Waals surface area contributed by atoms with Crippen LogP contribution in [-0.4, -0.2) is 88.7 Å². The molecule has 0 aliphatic carbocycles. The molecule has 1 saturated heterocycles. The highest BCUT2D eigenvalue weighted by Crippen LogP contribution is 2.29. The van der Waals surface area contributed by atoms with Gasteiger partial charge in [-0.15, -0.1) is 0 Å². The Morgan fingerprint density at radius 3 is 2.44 bits per heavy atom. The number of carbonyl (C=O) groups is 3. The van der Waals surface area contributed by atoms with Gasteiger partial charge in [0.25, 0.3) is 18.2 Å². The Bertz CT molecular complexity index is 1580. The normalized spacial score (nSPS) is 15.8. The summed E-state index contributed by atoms with van der Waals surface area (Å²) in [6, 6.07) is 9.39. The number of aromatic nitrogens is 2. The highest BCUT2D eigenvalue weighted by molar-refractivity contribution is 6.04. The number of hydrogen-bond acceptors (Lipinski definition) is 7. The first-order valence-electron chi connectivity index (χ1n) is 14.5. The summed E-state index contributed by atoms with van der Waals surface area (Å²) in [5.41, 5.74) is 2.17. The van der Waals surface area contributed by atoms with Gasteiger partial charge in [0.2, 0.25) is 5.91 Å². The highest BCUT2D eigenvalue weighted by Gasteiger charge is 2.29. The van der Waals surface area contributed by atoms with Crippen LogP contribution in [0.5, 0.6) is 5.75 Å². The topological polar surface area (TPSA) is 108 Å². The van der Waals surface area contributed by atoms with Crippen molar-refractivity contribution in [3.8, 4) is 5.75 Å². The molecule has 1 aliphatic heterocycles. The molecule has 2 aromatic heterocycles. The van der Waals surface area contributed by atoms with E-state index in [4.69, 9.17) is 4.74 Å². The molecule has 1 N–H and O–H groups in total. The lowest BCUT2D eigenvalue weighted by Gasteiger charge is -2.40. The van der Waals surface area contributed by atoms with Gasteiger partial charge >= 0.3 is 0 Å². The van der Waals surface area contributed by atoms with Crippen LogP contribution in [0.25, 0.3) is 0 Å². The van der Waals surface area contributed by atoms with Crippen LogP contribution < -0.4 is 10.1 Å². The molecule has 45 heavy (non-hydrogen) atoms. The van der Waals surface area contributed by atoms with E-state index in [2.05, 4.69) is 26.8 Å². The van der Waals surface area contributed by atoms with E-state index < -0.39 is 18.4 Å². The molecule has 10 nitrogen and oxygen atoms in total. The molecular weight excluding hydrogens is 582 g/mol.